The zero-order valence-corrected chi connectivity index (χ0v) is 13.3. The van der Waals surface area contributed by atoms with E-state index in [4.69, 9.17) is 11.6 Å². The molecule has 0 spiro atoms. The molecule has 0 radical (unpaired) electrons. The van der Waals surface area contributed by atoms with Crippen molar-refractivity contribution in [3.05, 3.63) is 58.6 Å². The van der Waals surface area contributed by atoms with Gasteiger partial charge in [0.1, 0.15) is 0 Å². The van der Waals surface area contributed by atoms with E-state index in [0.29, 0.717) is 6.04 Å². The number of anilines is 2. The average molecular weight is 301 g/mol. The molecule has 1 N–H and O–H groups in total. The fourth-order valence-corrected chi connectivity index (χ4v) is 3.31. The number of halogens is 1. The molecule has 1 aliphatic rings. The van der Waals surface area contributed by atoms with Crippen molar-refractivity contribution in [3.8, 4) is 0 Å². The van der Waals surface area contributed by atoms with Gasteiger partial charge >= 0.3 is 0 Å². The predicted molar refractivity (Wildman–Crippen MR) is 90.7 cm³/mol. The Hall–Kier alpha value is -1.51. The van der Waals surface area contributed by atoms with Gasteiger partial charge in [0.15, 0.2) is 0 Å². The van der Waals surface area contributed by atoms with Crippen LogP contribution in [0.1, 0.15) is 31.0 Å². The normalized spacial score (nSPS) is 15.1. The third-order valence-electron chi connectivity index (χ3n) is 4.16. The molecular weight excluding hydrogens is 280 g/mol. The summed E-state index contributed by atoms with van der Waals surface area (Å²) in [4.78, 5) is 2.32. The van der Waals surface area contributed by atoms with Crippen LogP contribution < -0.4 is 10.2 Å². The van der Waals surface area contributed by atoms with Gasteiger partial charge in [0, 0.05) is 18.3 Å². The molecule has 1 aliphatic heterocycles. The highest BCUT2D eigenvalue weighted by molar-refractivity contribution is 6.33. The van der Waals surface area contributed by atoms with Gasteiger partial charge in [-0.25, -0.2) is 0 Å². The smallest absolute Gasteiger partial charge is 0.0646 e. The van der Waals surface area contributed by atoms with Gasteiger partial charge in [0.2, 0.25) is 0 Å². The SMILES string of the molecule is CCNC(C)c1ccc(N2CCc3ccccc32)c(Cl)c1. The zero-order chi connectivity index (χ0) is 14.8. The number of hydrogen-bond acceptors (Lipinski definition) is 2. The number of hydrogen-bond donors (Lipinski definition) is 1. The summed E-state index contributed by atoms with van der Waals surface area (Å²) >= 11 is 6.55. The Balaban J connectivity index is 1.91. The second-order valence-corrected chi connectivity index (χ2v) is 5.93. The molecule has 0 saturated heterocycles. The summed E-state index contributed by atoms with van der Waals surface area (Å²) in [7, 11) is 0. The molecular formula is C18H21ClN2. The van der Waals surface area contributed by atoms with Gasteiger partial charge in [0.25, 0.3) is 0 Å². The largest absolute Gasteiger partial charge is 0.340 e. The Morgan fingerprint density at radius 2 is 2.00 bits per heavy atom. The number of fused-ring (bicyclic) bond motifs is 1. The van der Waals surface area contributed by atoms with Gasteiger partial charge in [-0.1, -0.05) is 42.8 Å². The lowest BCUT2D eigenvalue weighted by Crippen LogP contribution is -2.18. The maximum absolute atomic E-state index is 6.55. The standard InChI is InChI=1S/C18H21ClN2/c1-3-20-13(2)15-8-9-18(16(19)12-15)21-11-10-14-6-4-5-7-17(14)21/h4-9,12-13,20H,3,10-11H2,1-2H3. The van der Waals surface area contributed by atoms with Crippen LogP contribution in [0.25, 0.3) is 0 Å². The van der Waals surface area contributed by atoms with Crippen LogP contribution in [0.3, 0.4) is 0 Å². The van der Waals surface area contributed by atoms with E-state index in [0.717, 1.165) is 30.2 Å². The second kappa shape index (κ2) is 6.08. The van der Waals surface area contributed by atoms with E-state index in [1.807, 2.05) is 0 Å². The highest BCUT2D eigenvalue weighted by atomic mass is 35.5. The molecule has 0 amide bonds. The van der Waals surface area contributed by atoms with Gasteiger partial charge < -0.3 is 10.2 Å². The number of rotatable bonds is 4. The van der Waals surface area contributed by atoms with E-state index >= 15 is 0 Å². The van der Waals surface area contributed by atoms with Gasteiger partial charge in [-0.2, -0.15) is 0 Å². The fraction of sp³-hybridized carbons (Fsp3) is 0.333. The first-order valence-electron chi connectivity index (χ1n) is 7.59. The lowest BCUT2D eigenvalue weighted by molar-refractivity contribution is 0.598. The summed E-state index contributed by atoms with van der Waals surface area (Å²) < 4.78 is 0. The summed E-state index contributed by atoms with van der Waals surface area (Å²) in [5, 5.41) is 4.25. The van der Waals surface area contributed by atoms with Crippen molar-refractivity contribution in [2.75, 3.05) is 18.0 Å². The molecule has 0 aliphatic carbocycles. The molecule has 0 saturated carbocycles. The molecule has 3 heteroatoms. The van der Waals surface area contributed by atoms with Crippen LogP contribution in [-0.4, -0.2) is 13.1 Å². The minimum absolute atomic E-state index is 0.326. The van der Waals surface area contributed by atoms with Crippen molar-refractivity contribution < 1.29 is 0 Å². The maximum Gasteiger partial charge on any atom is 0.0646 e. The first-order chi connectivity index (χ1) is 10.2. The Kier molecular flexibility index (Phi) is 4.18. The van der Waals surface area contributed by atoms with Crippen molar-refractivity contribution in [2.24, 2.45) is 0 Å². The van der Waals surface area contributed by atoms with Crippen LogP contribution in [0.5, 0.6) is 0 Å². The molecule has 1 unspecified atom stereocenters. The number of benzene rings is 2. The van der Waals surface area contributed by atoms with Crippen molar-refractivity contribution in [3.63, 3.8) is 0 Å². The average Bonchev–Trinajstić information content (AvgIpc) is 2.91. The summed E-state index contributed by atoms with van der Waals surface area (Å²) in [6.07, 6.45) is 1.09. The van der Waals surface area contributed by atoms with Gasteiger partial charge in [-0.3, -0.25) is 0 Å². The first kappa shape index (κ1) is 14.4. The van der Waals surface area contributed by atoms with Gasteiger partial charge in [-0.05, 0) is 49.2 Å². The Morgan fingerprint density at radius 3 is 2.76 bits per heavy atom. The van der Waals surface area contributed by atoms with Crippen LogP contribution in [0.2, 0.25) is 5.02 Å². The van der Waals surface area contributed by atoms with Crippen molar-refractivity contribution in [2.45, 2.75) is 26.3 Å². The molecule has 1 atom stereocenters. The van der Waals surface area contributed by atoms with Crippen molar-refractivity contribution in [1.29, 1.82) is 0 Å². The molecule has 0 fully saturated rings. The lowest BCUT2D eigenvalue weighted by Gasteiger charge is -2.22. The summed E-state index contributed by atoms with van der Waals surface area (Å²) in [6, 6.07) is 15.3. The molecule has 2 aromatic rings. The van der Waals surface area contributed by atoms with Crippen LogP contribution in [0, 0.1) is 0 Å². The predicted octanol–water partition coefficient (Wildman–Crippen LogP) is 4.70. The van der Waals surface area contributed by atoms with Gasteiger partial charge in [-0.15, -0.1) is 0 Å². The van der Waals surface area contributed by atoms with E-state index in [9.17, 15) is 0 Å². The molecule has 0 bridgehead atoms. The summed E-state index contributed by atoms with van der Waals surface area (Å²) in [5.41, 5.74) is 5.03. The third kappa shape index (κ3) is 2.78. The van der Waals surface area contributed by atoms with E-state index < -0.39 is 0 Å². The summed E-state index contributed by atoms with van der Waals surface area (Å²) in [6.45, 7) is 6.24. The fourth-order valence-electron chi connectivity index (χ4n) is 3.02. The van der Waals surface area contributed by atoms with Gasteiger partial charge in [0.05, 0.1) is 10.7 Å². The molecule has 0 aromatic heterocycles. The van der Waals surface area contributed by atoms with Crippen LogP contribution in [-0.2, 0) is 6.42 Å². The molecule has 2 aromatic carbocycles. The lowest BCUT2D eigenvalue weighted by atomic mass is 10.1. The topological polar surface area (TPSA) is 15.3 Å². The quantitative estimate of drug-likeness (QED) is 0.880. The monoisotopic (exact) mass is 300 g/mol. The molecule has 21 heavy (non-hydrogen) atoms. The molecule has 3 rings (SSSR count). The van der Waals surface area contributed by atoms with Crippen LogP contribution in [0.15, 0.2) is 42.5 Å². The minimum atomic E-state index is 0.326. The Bertz CT molecular complexity index is 639. The number of nitrogens with zero attached hydrogens (tertiary/aromatic N) is 1. The number of para-hydroxylation sites is 1. The highest BCUT2D eigenvalue weighted by Crippen LogP contribution is 2.38. The third-order valence-corrected chi connectivity index (χ3v) is 4.46. The van der Waals surface area contributed by atoms with Crippen molar-refractivity contribution >= 4 is 23.0 Å². The number of nitrogens with one attached hydrogen (secondary N) is 1. The highest BCUT2D eigenvalue weighted by Gasteiger charge is 2.21. The van der Waals surface area contributed by atoms with E-state index in [2.05, 4.69) is 66.5 Å². The molecule has 110 valence electrons. The molecule has 2 nitrogen and oxygen atoms in total. The molecule has 1 heterocycles. The maximum atomic E-state index is 6.55. The van der Waals surface area contributed by atoms with Crippen LogP contribution >= 0.6 is 11.6 Å². The van der Waals surface area contributed by atoms with E-state index in [1.165, 1.54) is 16.8 Å². The Labute approximate surface area is 131 Å². The first-order valence-corrected chi connectivity index (χ1v) is 7.96. The zero-order valence-electron chi connectivity index (χ0n) is 12.6. The van der Waals surface area contributed by atoms with Crippen molar-refractivity contribution in [1.82, 2.24) is 5.32 Å². The van der Waals surface area contributed by atoms with Crippen LogP contribution in [0.4, 0.5) is 11.4 Å². The van der Waals surface area contributed by atoms with E-state index in [-0.39, 0.29) is 0 Å². The van der Waals surface area contributed by atoms with E-state index in [1.54, 1.807) is 0 Å². The summed E-state index contributed by atoms with van der Waals surface area (Å²) in [5.74, 6) is 0. The second-order valence-electron chi connectivity index (χ2n) is 5.52. The minimum Gasteiger partial charge on any atom is -0.340 e. The Morgan fingerprint density at radius 1 is 1.19 bits per heavy atom.